The molecule has 0 amide bonds. The van der Waals surface area contributed by atoms with Gasteiger partial charge in [-0.1, -0.05) is 32.9 Å². The summed E-state index contributed by atoms with van der Waals surface area (Å²) in [5, 5.41) is 10.4. The van der Waals surface area contributed by atoms with Gasteiger partial charge in [0.15, 0.2) is 0 Å². The lowest BCUT2D eigenvalue weighted by Gasteiger charge is -2.22. The van der Waals surface area contributed by atoms with E-state index in [0.717, 1.165) is 5.56 Å². The Balaban J connectivity index is 2.79. The molecule has 0 radical (unpaired) electrons. The van der Waals surface area contributed by atoms with Crippen molar-refractivity contribution in [1.82, 2.24) is 0 Å². The molecule has 21 heavy (non-hydrogen) atoms. The predicted octanol–water partition coefficient (Wildman–Crippen LogP) is 5.59. The Kier molecular flexibility index (Phi) is 3.88. The molecule has 0 fully saturated rings. The molecule has 1 N–H and O–H groups in total. The molecule has 0 aliphatic carbocycles. The molecule has 0 heterocycles. The molecule has 0 aliphatic rings. The van der Waals surface area contributed by atoms with Gasteiger partial charge in [0.1, 0.15) is 5.75 Å². The fourth-order valence-corrected chi connectivity index (χ4v) is 2.82. The minimum absolute atomic E-state index is 0.0725. The SMILES string of the molecule is Cc1cc(C)c(C)c(-c2cc(C(C)(C)C)ccc2O)c1C. The molecule has 2 rings (SSSR count). The monoisotopic (exact) mass is 282 g/mol. The highest BCUT2D eigenvalue weighted by Gasteiger charge is 2.19. The minimum Gasteiger partial charge on any atom is -0.507 e. The van der Waals surface area contributed by atoms with Crippen molar-refractivity contribution in [3.05, 3.63) is 52.1 Å². The highest BCUT2D eigenvalue weighted by molar-refractivity contribution is 5.78. The Bertz CT molecular complexity index is 662. The van der Waals surface area contributed by atoms with Gasteiger partial charge in [0.2, 0.25) is 0 Å². The topological polar surface area (TPSA) is 20.2 Å². The summed E-state index contributed by atoms with van der Waals surface area (Å²) in [5.41, 5.74) is 8.48. The summed E-state index contributed by atoms with van der Waals surface area (Å²) in [4.78, 5) is 0. The lowest BCUT2D eigenvalue weighted by atomic mass is 9.83. The molecule has 0 unspecified atom stereocenters. The van der Waals surface area contributed by atoms with Crippen LogP contribution in [0.25, 0.3) is 11.1 Å². The normalized spacial score (nSPS) is 11.8. The maximum atomic E-state index is 10.4. The second-order valence-electron chi connectivity index (χ2n) is 7.12. The predicted molar refractivity (Wildman–Crippen MR) is 91.2 cm³/mol. The molecule has 0 saturated heterocycles. The van der Waals surface area contributed by atoms with E-state index < -0.39 is 0 Å². The van der Waals surface area contributed by atoms with E-state index in [9.17, 15) is 5.11 Å². The highest BCUT2D eigenvalue weighted by Crippen LogP contribution is 2.39. The van der Waals surface area contributed by atoms with Crippen molar-refractivity contribution in [2.45, 2.75) is 53.9 Å². The van der Waals surface area contributed by atoms with E-state index in [1.54, 1.807) is 0 Å². The second-order valence-corrected chi connectivity index (χ2v) is 7.12. The molecule has 1 heteroatoms. The number of hydrogen-bond donors (Lipinski definition) is 1. The van der Waals surface area contributed by atoms with Crippen molar-refractivity contribution >= 4 is 0 Å². The van der Waals surface area contributed by atoms with Crippen molar-refractivity contribution in [3.8, 4) is 16.9 Å². The molecule has 2 aromatic carbocycles. The van der Waals surface area contributed by atoms with Crippen molar-refractivity contribution in [2.24, 2.45) is 0 Å². The van der Waals surface area contributed by atoms with E-state index in [4.69, 9.17) is 0 Å². The summed E-state index contributed by atoms with van der Waals surface area (Å²) in [6, 6.07) is 8.21. The highest BCUT2D eigenvalue weighted by atomic mass is 16.3. The van der Waals surface area contributed by atoms with Crippen LogP contribution in [-0.2, 0) is 5.41 Å². The first-order valence-electron chi connectivity index (χ1n) is 7.54. The average Bonchev–Trinajstić information content (AvgIpc) is 2.37. The van der Waals surface area contributed by atoms with Crippen LogP contribution in [0.15, 0.2) is 24.3 Å². The number of aryl methyl sites for hydroxylation is 2. The summed E-state index contributed by atoms with van der Waals surface area (Å²) in [5.74, 6) is 0.360. The van der Waals surface area contributed by atoms with Crippen molar-refractivity contribution in [1.29, 1.82) is 0 Å². The number of phenolic OH excluding ortho intramolecular Hbond substituents is 1. The van der Waals surface area contributed by atoms with Gasteiger partial charge in [-0.3, -0.25) is 0 Å². The van der Waals surface area contributed by atoms with Crippen LogP contribution < -0.4 is 0 Å². The zero-order valence-electron chi connectivity index (χ0n) is 14.3. The van der Waals surface area contributed by atoms with Crippen LogP contribution in [-0.4, -0.2) is 5.11 Å². The van der Waals surface area contributed by atoms with E-state index in [2.05, 4.69) is 60.6 Å². The number of phenols is 1. The zero-order chi connectivity index (χ0) is 15.9. The molecule has 0 atom stereocenters. The molecule has 0 aromatic heterocycles. The van der Waals surface area contributed by atoms with E-state index in [1.807, 2.05) is 12.1 Å². The quantitative estimate of drug-likeness (QED) is 0.722. The fourth-order valence-electron chi connectivity index (χ4n) is 2.82. The zero-order valence-corrected chi connectivity index (χ0v) is 14.3. The molecule has 2 aromatic rings. The Labute approximate surface area is 128 Å². The number of hydrogen-bond acceptors (Lipinski definition) is 1. The lowest BCUT2D eigenvalue weighted by molar-refractivity contribution is 0.476. The van der Waals surface area contributed by atoms with E-state index >= 15 is 0 Å². The number of rotatable bonds is 1. The van der Waals surface area contributed by atoms with Gasteiger partial charge in [0, 0.05) is 5.56 Å². The molecular weight excluding hydrogens is 256 g/mol. The Morgan fingerprint density at radius 3 is 1.81 bits per heavy atom. The number of benzene rings is 2. The van der Waals surface area contributed by atoms with Gasteiger partial charge in [-0.05, 0) is 78.6 Å². The van der Waals surface area contributed by atoms with Gasteiger partial charge in [-0.2, -0.15) is 0 Å². The van der Waals surface area contributed by atoms with E-state index in [-0.39, 0.29) is 5.41 Å². The van der Waals surface area contributed by atoms with Gasteiger partial charge < -0.3 is 5.11 Å². The van der Waals surface area contributed by atoms with Crippen molar-refractivity contribution in [3.63, 3.8) is 0 Å². The minimum atomic E-state index is 0.0725. The summed E-state index contributed by atoms with van der Waals surface area (Å²) >= 11 is 0. The second kappa shape index (κ2) is 5.22. The summed E-state index contributed by atoms with van der Waals surface area (Å²) in [7, 11) is 0. The van der Waals surface area contributed by atoms with Crippen LogP contribution in [0.3, 0.4) is 0 Å². The van der Waals surface area contributed by atoms with Crippen LogP contribution in [0, 0.1) is 27.7 Å². The van der Waals surface area contributed by atoms with E-state index in [1.165, 1.54) is 33.4 Å². The first-order valence-corrected chi connectivity index (χ1v) is 7.54. The third kappa shape index (κ3) is 2.83. The van der Waals surface area contributed by atoms with Crippen LogP contribution in [0.2, 0.25) is 0 Å². The van der Waals surface area contributed by atoms with Crippen molar-refractivity contribution < 1.29 is 5.11 Å². The largest absolute Gasteiger partial charge is 0.507 e. The first kappa shape index (κ1) is 15.6. The summed E-state index contributed by atoms with van der Waals surface area (Å²) < 4.78 is 0. The van der Waals surface area contributed by atoms with Crippen LogP contribution in [0.1, 0.15) is 48.6 Å². The summed E-state index contributed by atoms with van der Waals surface area (Å²) in [6.07, 6.45) is 0. The smallest absolute Gasteiger partial charge is 0.123 e. The first-order chi connectivity index (χ1) is 9.62. The van der Waals surface area contributed by atoms with Gasteiger partial charge in [-0.15, -0.1) is 0 Å². The molecule has 0 saturated carbocycles. The Morgan fingerprint density at radius 1 is 0.810 bits per heavy atom. The Hall–Kier alpha value is -1.76. The third-order valence-electron chi connectivity index (χ3n) is 4.50. The fraction of sp³-hybridized carbons (Fsp3) is 0.400. The molecule has 0 aliphatic heterocycles. The Morgan fingerprint density at radius 2 is 1.33 bits per heavy atom. The van der Waals surface area contributed by atoms with Gasteiger partial charge in [-0.25, -0.2) is 0 Å². The van der Waals surface area contributed by atoms with Gasteiger partial charge in [0.25, 0.3) is 0 Å². The van der Waals surface area contributed by atoms with Crippen LogP contribution in [0.5, 0.6) is 5.75 Å². The maximum absolute atomic E-state index is 10.4. The number of aromatic hydroxyl groups is 1. The van der Waals surface area contributed by atoms with Gasteiger partial charge in [0.05, 0.1) is 0 Å². The average molecular weight is 282 g/mol. The van der Waals surface area contributed by atoms with Crippen LogP contribution >= 0.6 is 0 Å². The maximum Gasteiger partial charge on any atom is 0.123 e. The molecule has 0 spiro atoms. The standard InChI is InChI=1S/C20H26O/c1-12-10-13(2)15(4)19(14(12)3)17-11-16(20(5,6)7)8-9-18(17)21/h8-11,21H,1-7H3. The molecular formula is C20H26O. The molecule has 1 nitrogen and oxygen atoms in total. The van der Waals surface area contributed by atoms with Crippen molar-refractivity contribution in [2.75, 3.05) is 0 Å². The van der Waals surface area contributed by atoms with Gasteiger partial charge >= 0.3 is 0 Å². The van der Waals surface area contributed by atoms with E-state index in [0.29, 0.717) is 5.75 Å². The molecule has 0 bridgehead atoms. The molecule has 112 valence electrons. The summed E-state index contributed by atoms with van der Waals surface area (Å²) in [6.45, 7) is 15.1. The lowest BCUT2D eigenvalue weighted by Crippen LogP contribution is -2.11. The third-order valence-corrected chi connectivity index (χ3v) is 4.50. The van der Waals surface area contributed by atoms with Crippen LogP contribution in [0.4, 0.5) is 0 Å².